The molecule has 1 aliphatic rings. The molecule has 0 aliphatic carbocycles. The highest BCUT2D eigenvalue weighted by Crippen LogP contribution is 2.43. The molecular formula is C27H28N2O3. The van der Waals surface area contributed by atoms with E-state index in [4.69, 9.17) is 0 Å². The molecule has 164 valence electrons. The Balaban J connectivity index is 1.74. The first-order valence-corrected chi connectivity index (χ1v) is 11.0. The number of fused-ring (bicyclic) bond motifs is 1. The van der Waals surface area contributed by atoms with E-state index in [2.05, 4.69) is 18.8 Å². The Kier molecular flexibility index (Phi) is 5.94. The summed E-state index contributed by atoms with van der Waals surface area (Å²) in [6.07, 6.45) is 2.36. The van der Waals surface area contributed by atoms with Crippen LogP contribution in [0.4, 0.5) is 5.69 Å². The molecular weight excluding hydrogens is 400 g/mol. The van der Waals surface area contributed by atoms with Crippen molar-refractivity contribution in [1.82, 2.24) is 4.98 Å². The second-order valence-electron chi connectivity index (χ2n) is 8.89. The smallest absolute Gasteiger partial charge is 0.264 e. The molecule has 1 unspecified atom stereocenters. The number of aromatic nitrogens is 1. The Morgan fingerprint density at radius 1 is 1.09 bits per heavy atom. The first kappa shape index (κ1) is 21.9. The van der Waals surface area contributed by atoms with Crippen LogP contribution >= 0.6 is 0 Å². The molecule has 0 fully saturated rings. The van der Waals surface area contributed by atoms with Crippen molar-refractivity contribution in [3.8, 4) is 0 Å². The lowest BCUT2D eigenvalue weighted by Crippen LogP contribution is -2.43. The number of aliphatic hydroxyl groups is 1. The number of carbonyl (C=O) groups is 2. The van der Waals surface area contributed by atoms with Crippen LogP contribution in [0.1, 0.15) is 53.0 Å². The molecule has 1 aliphatic heterocycles. The largest absolute Gasteiger partial charge is 0.375 e. The van der Waals surface area contributed by atoms with Crippen LogP contribution in [0, 0.1) is 12.8 Å². The molecule has 32 heavy (non-hydrogen) atoms. The fraction of sp³-hybridized carbons (Fsp3) is 0.296. The van der Waals surface area contributed by atoms with E-state index in [1.165, 1.54) is 0 Å². The highest BCUT2D eigenvalue weighted by molar-refractivity contribution is 6.10. The van der Waals surface area contributed by atoms with Crippen LogP contribution in [-0.4, -0.2) is 28.3 Å². The number of rotatable bonds is 7. The van der Waals surface area contributed by atoms with E-state index in [-0.39, 0.29) is 18.1 Å². The van der Waals surface area contributed by atoms with Crippen molar-refractivity contribution in [2.24, 2.45) is 5.92 Å². The summed E-state index contributed by atoms with van der Waals surface area (Å²) in [6.45, 7) is 6.69. The highest BCUT2D eigenvalue weighted by atomic mass is 16.3. The van der Waals surface area contributed by atoms with Gasteiger partial charge in [0.1, 0.15) is 0 Å². The van der Waals surface area contributed by atoms with Gasteiger partial charge < -0.3 is 10.0 Å². The minimum absolute atomic E-state index is 0.0603. The topological polar surface area (TPSA) is 70.5 Å². The summed E-state index contributed by atoms with van der Waals surface area (Å²) < 4.78 is 0. The Morgan fingerprint density at radius 3 is 2.56 bits per heavy atom. The molecule has 1 aromatic heterocycles. The highest BCUT2D eigenvalue weighted by Gasteiger charge is 2.50. The Hall–Kier alpha value is -3.31. The van der Waals surface area contributed by atoms with Crippen LogP contribution in [0.3, 0.4) is 0 Å². The predicted octanol–water partition coefficient (Wildman–Crippen LogP) is 4.44. The average molecular weight is 429 g/mol. The molecule has 1 atom stereocenters. The van der Waals surface area contributed by atoms with Gasteiger partial charge >= 0.3 is 0 Å². The zero-order chi connectivity index (χ0) is 22.9. The maximum Gasteiger partial charge on any atom is 0.264 e. The number of hydrogen-bond acceptors (Lipinski definition) is 4. The van der Waals surface area contributed by atoms with Crippen molar-refractivity contribution < 1.29 is 14.7 Å². The molecule has 4 rings (SSSR count). The molecule has 3 aromatic rings. The van der Waals surface area contributed by atoms with Gasteiger partial charge in [-0.15, -0.1) is 0 Å². The van der Waals surface area contributed by atoms with E-state index in [1.807, 2.05) is 43.3 Å². The molecule has 5 nitrogen and oxygen atoms in total. The fourth-order valence-electron chi connectivity index (χ4n) is 4.22. The van der Waals surface area contributed by atoms with Crippen LogP contribution in [0.25, 0.3) is 0 Å². The van der Waals surface area contributed by atoms with Crippen molar-refractivity contribution in [1.29, 1.82) is 0 Å². The summed E-state index contributed by atoms with van der Waals surface area (Å²) in [5, 5.41) is 11.8. The van der Waals surface area contributed by atoms with E-state index in [0.29, 0.717) is 34.8 Å². The van der Waals surface area contributed by atoms with Crippen LogP contribution in [-0.2, 0) is 16.8 Å². The quantitative estimate of drug-likeness (QED) is 0.565. The third kappa shape index (κ3) is 3.96. The second kappa shape index (κ2) is 8.67. The number of carbonyl (C=O) groups excluding carboxylic acids is 2. The summed E-state index contributed by atoms with van der Waals surface area (Å²) in [7, 11) is 0. The molecule has 2 aromatic carbocycles. The number of ketones is 1. The molecule has 1 amide bonds. The number of amides is 1. The lowest BCUT2D eigenvalue weighted by Gasteiger charge is -2.24. The Labute approximate surface area is 188 Å². The predicted molar refractivity (Wildman–Crippen MR) is 125 cm³/mol. The molecule has 0 bridgehead atoms. The number of benzene rings is 2. The zero-order valence-corrected chi connectivity index (χ0v) is 18.7. The van der Waals surface area contributed by atoms with Crippen LogP contribution < -0.4 is 4.90 Å². The van der Waals surface area contributed by atoms with Crippen LogP contribution in [0.5, 0.6) is 0 Å². The molecule has 0 saturated carbocycles. The van der Waals surface area contributed by atoms with E-state index < -0.39 is 5.60 Å². The molecule has 0 spiro atoms. The van der Waals surface area contributed by atoms with Gasteiger partial charge in [-0.05, 0) is 37.5 Å². The minimum atomic E-state index is -1.77. The summed E-state index contributed by atoms with van der Waals surface area (Å²) in [5.74, 6) is -0.109. The summed E-state index contributed by atoms with van der Waals surface area (Å²) in [5.41, 5.74) is 1.86. The lowest BCUT2D eigenvalue weighted by molar-refractivity contribution is -0.136. The third-order valence-corrected chi connectivity index (χ3v) is 6.01. The van der Waals surface area contributed by atoms with Gasteiger partial charge in [-0.3, -0.25) is 14.6 Å². The minimum Gasteiger partial charge on any atom is -0.375 e. The summed E-state index contributed by atoms with van der Waals surface area (Å²) in [6, 6.07) is 18.1. The average Bonchev–Trinajstić information content (AvgIpc) is 2.99. The number of hydrogen-bond donors (Lipinski definition) is 1. The summed E-state index contributed by atoms with van der Waals surface area (Å²) >= 11 is 0. The van der Waals surface area contributed by atoms with Crippen LogP contribution in [0.2, 0.25) is 0 Å². The number of pyridine rings is 1. The number of nitrogens with zero attached hydrogens (tertiary/aromatic N) is 2. The van der Waals surface area contributed by atoms with E-state index in [9.17, 15) is 14.7 Å². The van der Waals surface area contributed by atoms with Gasteiger partial charge in [-0.2, -0.15) is 0 Å². The first-order chi connectivity index (χ1) is 15.3. The third-order valence-electron chi connectivity index (χ3n) is 6.01. The van der Waals surface area contributed by atoms with Crippen molar-refractivity contribution in [3.05, 3.63) is 94.8 Å². The van der Waals surface area contributed by atoms with E-state index in [1.54, 1.807) is 35.4 Å². The molecule has 1 N–H and O–H groups in total. The van der Waals surface area contributed by atoms with E-state index in [0.717, 1.165) is 17.7 Å². The van der Waals surface area contributed by atoms with E-state index >= 15 is 0 Å². The molecule has 2 heterocycles. The van der Waals surface area contributed by atoms with Gasteiger partial charge in [0, 0.05) is 35.9 Å². The van der Waals surface area contributed by atoms with Crippen molar-refractivity contribution in [2.75, 3.05) is 11.4 Å². The van der Waals surface area contributed by atoms with Crippen LogP contribution in [0.15, 0.2) is 66.9 Å². The van der Waals surface area contributed by atoms with Crippen molar-refractivity contribution >= 4 is 17.4 Å². The van der Waals surface area contributed by atoms with Gasteiger partial charge in [0.2, 0.25) is 0 Å². The molecule has 0 saturated heterocycles. The van der Waals surface area contributed by atoms with Gasteiger partial charge in [0.25, 0.3) is 5.91 Å². The maximum absolute atomic E-state index is 13.5. The monoisotopic (exact) mass is 428 g/mol. The van der Waals surface area contributed by atoms with Crippen molar-refractivity contribution in [2.45, 2.75) is 39.2 Å². The summed E-state index contributed by atoms with van der Waals surface area (Å²) in [4.78, 5) is 32.8. The maximum atomic E-state index is 13.5. The second-order valence-corrected chi connectivity index (χ2v) is 8.89. The first-order valence-electron chi connectivity index (χ1n) is 11.0. The SMILES string of the molecule is Cc1ccc2c(c1)C(O)(Cc1ncccc1C(=O)c1ccccc1)C(=O)N2CCC(C)C. The standard InChI is InChI=1S/C27H28N2O3/c1-18(2)13-15-29-24-12-11-19(3)16-22(24)27(32,26(29)31)17-23-21(10-7-14-28-23)25(30)20-8-5-4-6-9-20/h4-12,14,16,18,32H,13,15,17H2,1-3H3. The Morgan fingerprint density at radius 2 is 1.84 bits per heavy atom. The fourth-order valence-corrected chi connectivity index (χ4v) is 4.22. The number of aryl methyl sites for hydroxylation is 1. The lowest BCUT2D eigenvalue weighted by atomic mass is 9.87. The molecule has 0 radical (unpaired) electrons. The normalized spacial score (nSPS) is 17.7. The van der Waals surface area contributed by atoms with Gasteiger partial charge in [-0.1, -0.05) is 61.9 Å². The van der Waals surface area contributed by atoms with Gasteiger partial charge in [0.05, 0.1) is 11.4 Å². The Bertz CT molecular complexity index is 1160. The number of anilines is 1. The molecule has 5 heteroatoms. The van der Waals surface area contributed by atoms with Gasteiger partial charge in [0.15, 0.2) is 11.4 Å². The zero-order valence-electron chi connectivity index (χ0n) is 18.7. The van der Waals surface area contributed by atoms with Crippen molar-refractivity contribution in [3.63, 3.8) is 0 Å². The van der Waals surface area contributed by atoms with Gasteiger partial charge in [-0.25, -0.2) is 0 Å².